The molecule has 2 atom stereocenters. The van der Waals surface area contributed by atoms with Gasteiger partial charge in [0.05, 0.1) is 22.8 Å². The Labute approximate surface area is 175 Å². The molecule has 1 heterocycles. The average molecular weight is 416 g/mol. The molecule has 1 aliphatic rings. The van der Waals surface area contributed by atoms with Gasteiger partial charge in [-0.1, -0.05) is 57.0 Å². The molecule has 0 aliphatic carbocycles. The normalized spacial score (nSPS) is 23.4. The van der Waals surface area contributed by atoms with E-state index in [0.29, 0.717) is 10.6 Å². The maximum atomic E-state index is 13.5. The molecule has 3 rings (SSSR count). The van der Waals surface area contributed by atoms with E-state index in [4.69, 9.17) is 4.74 Å². The van der Waals surface area contributed by atoms with Crippen LogP contribution >= 0.6 is 0 Å². The highest BCUT2D eigenvalue weighted by Crippen LogP contribution is 2.39. The molecule has 2 aromatic rings. The zero-order valence-electron chi connectivity index (χ0n) is 17.9. The third-order valence-corrected chi connectivity index (χ3v) is 7.71. The van der Waals surface area contributed by atoms with E-state index in [1.54, 1.807) is 12.1 Å². The molecule has 0 radical (unpaired) electrons. The van der Waals surface area contributed by atoms with Crippen molar-refractivity contribution in [2.24, 2.45) is 0 Å². The van der Waals surface area contributed by atoms with Crippen LogP contribution in [-0.2, 0) is 9.84 Å². The molecule has 2 aromatic carbocycles. The van der Waals surface area contributed by atoms with Crippen LogP contribution in [0.15, 0.2) is 53.4 Å². The van der Waals surface area contributed by atoms with E-state index in [1.807, 2.05) is 38.1 Å². The molecule has 1 aliphatic heterocycles. The van der Waals surface area contributed by atoms with Crippen LogP contribution in [0.5, 0.6) is 5.75 Å². The van der Waals surface area contributed by atoms with Crippen LogP contribution in [-0.4, -0.2) is 25.8 Å². The number of unbranched alkanes of at least 4 members (excludes halogenated alkanes) is 1. The molecule has 0 amide bonds. The summed E-state index contributed by atoms with van der Waals surface area (Å²) in [6.07, 6.45) is 3.66. The van der Waals surface area contributed by atoms with Crippen molar-refractivity contribution in [1.82, 2.24) is 5.32 Å². The lowest BCUT2D eigenvalue weighted by atomic mass is 9.88. The molecule has 0 spiro atoms. The molecule has 5 heteroatoms. The summed E-state index contributed by atoms with van der Waals surface area (Å²) in [5.74, 6) is 0.825. The van der Waals surface area contributed by atoms with Gasteiger partial charge in [0.25, 0.3) is 0 Å². The fourth-order valence-corrected chi connectivity index (χ4v) is 6.32. The average Bonchev–Trinajstić information content (AvgIpc) is 2.79. The van der Waals surface area contributed by atoms with Crippen molar-refractivity contribution in [2.75, 3.05) is 5.75 Å². The third-order valence-electron chi connectivity index (χ3n) is 5.73. The van der Waals surface area contributed by atoms with Crippen LogP contribution in [0.25, 0.3) is 0 Å². The second-order valence-corrected chi connectivity index (χ2v) is 10.3. The fourth-order valence-electron chi connectivity index (χ4n) is 4.20. The molecule has 4 nitrogen and oxygen atoms in total. The number of benzene rings is 2. The topological polar surface area (TPSA) is 55.4 Å². The highest BCUT2D eigenvalue weighted by molar-refractivity contribution is 7.91. The summed E-state index contributed by atoms with van der Waals surface area (Å²) in [6.45, 7) is 8.18. The summed E-state index contributed by atoms with van der Waals surface area (Å²) in [5.41, 5.74) is 1.40. The Kier molecular flexibility index (Phi) is 6.69. The van der Waals surface area contributed by atoms with Crippen LogP contribution in [0, 0.1) is 0 Å². The van der Waals surface area contributed by atoms with Crippen molar-refractivity contribution < 1.29 is 13.2 Å². The molecule has 0 saturated carbocycles. The van der Waals surface area contributed by atoms with Crippen LogP contribution in [0.2, 0.25) is 0 Å². The van der Waals surface area contributed by atoms with Gasteiger partial charge in [-0.15, -0.1) is 0 Å². The van der Waals surface area contributed by atoms with Gasteiger partial charge in [0.2, 0.25) is 0 Å². The monoisotopic (exact) mass is 415 g/mol. The van der Waals surface area contributed by atoms with Gasteiger partial charge in [-0.2, -0.15) is 0 Å². The number of sulfone groups is 1. The van der Waals surface area contributed by atoms with E-state index in [1.165, 1.54) is 0 Å². The van der Waals surface area contributed by atoms with Crippen molar-refractivity contribution in [3.63, 3.8) is 0 Å². The minimum Gasteiger partial charge on any atom is -0.491 e. The third kappa shape index (κ3) is 4.84. The molecule has 0 saturated heterocycles. The Balaban J connectivity index is 2.19. The maximum absolute atomic E-state index is 13.5. The molecular weight excluding hydrogens is 382 g/mol. The summed E-state index contributed by atoms with van der Waals surface area (Å²) >= 11 is 0. The van der Waals surface area contributed by atoms with E-state index in [0.717, 1.165) is 36.8 Å². The molecule has 0 fully saturated rings. The van der Waals surface area contributed by atoms with Crippen LogP contribution in [0.3, 0.4) is 0 Å². The first-order valence-corrected chi connectivity index (χ1v) is 12.3. The standard InChI is InChI=1S/C24H33NO3S/c1-5-7-15-24(6-2)17-29(26,27)22-14-13-20(28-18(3)4)16-21(22)23(25-24)19-11-9-8-10-12-19/h8-14,16,18,23,25H,5-7,15,17H2,1-4H3/t23-,24+/m0/s1. The Morgan fingerprint density at radius 3 is 2.48 bits per heavy atom. The Hall–Kier alpha value is -1.85. The number of fused-ring (bicyclic) bond motifs is 1. The molecule has 158 valence electrons. The number of hydrogen-bond acceptors (Lipinski definition) is 4. The summed E-state index contributed by atoms with van der Waals surface area (Å²) in [6, 6.07) is 15.3. The molecule has 0 bridgehead atoms. The second-order valence-electron chi connectivity index (χ2n) is 8.35. The van der Waals surface area contributed by atoms with Crippen LogP contribution in [0.1, 0.15) is 70.5 Å². The van der Waals surface area contributed by atoms with Crippen molar-refractivity contribution in [3.8, 4) is 5.75 Å². The van der Waals surface area contributed by atoms with Gasteiger partial charge in [-0.05, 0) is 56.0 Å². The first-order chi connectivity index (χ1) is 13.8. The summed E-state index contributed by atoms with van der Waals surface area (Å²) in [7, 11) is -3.43. The van der Waals surface area contributed by atoms with Gasteiger partial charge >= 0.3 is 0 Å². The maximum Gasteiger partial charge on any atom is 0.180 e. The van der Waals surface area contributed by atoms with E-state index in [-0.39, 0.29) is 17.9 Å². The minimum atomic E-state index is -3.43. The highest BCUT2D eigenvalue weighted by atomic mass is 32.2. The Morgan fingerprint density at radius 1 is 1.14 bits per heavy atom. The lowest BCUT2D eigenvalue weighted by Crippen LogP contribution is -2.50. The number of ether oxygens (including phenoxy) is 1. The van der Waals surface area contributed by atoms with Crippen molar-refractivity contribution in [2.45, 2.75) is 76.0 Å². The molecule has 29 heavy (non-hydrogen) atoms. The van der Waals surface area contributed by atoms with Gasteiger partial charge in [0.15, 0.2) is 9.84 Å². The van der Waals surface area contributed by atoms with Gasteiger partial charge in [0, 0.05) is 5.54 Å². The molecular formula is C24H33NO3S. The van der Waals surface area contributed by atoms with E-state index in [9.17, 15) is 8.42 Å². The number of hydrogen-bond donors (Lipinski definition) is 1. The van der Waals surface area contributed by atoms with Gasteiger partial charge < -0.3 is 4.74 Å². The van der Waals surface area contributed by atoms with Gasteiger partial charge in [-0.25, -0.2) is 8.42 Å². The fraction of sp³-hybridized carbons (Fsp3) is 0.500. The highest BCUT2D eigenvalue weighted by Gasteiger charge is 2.41. The summed E-state index contributed by atoms with van der Waals surface area (Å²) in [4.78, 5) is 0.418. The predicted octanol–water partition coefficient (Wildman–Crippen LogP) is 5.28. The predicted molar refractivity (Wildman–Crippen MR) is 118 cm³/mol. The van der Waals surface area contributed by atoms with Crippen molar-refractivity contribution >= 4 is 9.84 Å². The van der Waals surface area contributed by atoms with Crippen LogP contribution < -0.4 is 10.1 Å². The van der Waals surface area contributed by atoms with Crippen LogP contribution in [0.4, 0.5) is 0 Å². The lowest BCUT2D eigenvalue weighted by Gasteiger charge is -2.36. The first-order valence-electron chi connectivity index (χ1n) is 10.7. The first kappa shape index (κ1) is 21.8. The largest absolute Gasteiger partial charge is 0.491 e. The van der Waals surface area contributed by atoms with Crippen molar-refractivity contribution in [3.05, 3.63) is 59.7 Å². The second kappa shape index (κ2) is 8.88. The van der Waals surface area contributed by atoms with E-state index >= 15 is 0 Å². The van der Waals surface area contributed by atoms with Gasteiger partial charge in [-0.3, -0.25) is 5.32 Å². The SMILES string of the molecule is CCCC[C@]1(CC)CS(=O)(=O)c2ccc(OC(C)C)cc2[C@H](c2ccccc2)N1. The number of rotatable bonds is 7. The molecule has 0 unspecified atom stereocenters. The summed E-state index contributed by atoms with van der Waals surface area (Å²) < 4.78 is 32.8. The zero-order valence-corrected chi connectivity index (χ0v) is 18.8. The lowest BCUT2D eigenvalue weighted by molar-refractivity contribution is 0.241. The zero-order chi connectivity index (χ0) is 21.1. The smallest absolute Gasteiger partial charge is 0.180 e. The minimum absolute atomic E-state index is 0.0258. The van der Waals surface area contributed by atoms with E-state index < -0.39 is 15.4 Å². The summed E-state index contributed by atoms with van der Waals surface area (Å²) in [5, 5.41) is 3.79. The van der Waals surface area contributed by atoms with Gasteiger partial charge in [0.1, 0.15) is 5.75 Å². The Morgan fingerprint density at radius 2 is 1.86 bits per heavy atom. The molecule has 0 aromatic heterocycles. The molecule has 1 N–H and O–H groups in total. The quantitative estimate of drug-likeness (QED) is 0.668. The van der Waals surface area contributed by atoms with E-state index in [2.05, 4.69) is 31.3 Å². The van der Waals surface area contributed by atoms with Crippen molar-refractivity contribution in [1.29, 1.82) is 0 Å². The number of nitrogens with one attached hydrogen (secondary N) is 1. The Bertz CT molecular complexity index is 924.